The molecule has 3 rings (SSSR count). The Labute approximate surface area is 136 Å². The van der Waals surface area contributed by atoms with Crippen LogP contribution in [0.25, 0.3) is 0 Å². The molecule has 2 aliphatic rings. The lowest BCUT2D eigenvalue weighted by atomic mass is 10.1. The Hall–Kier alpha value is -1.61. The lowest BCUT2D eigenvalue weighted by Gasteiger charge is -2.24. The molecule has 0 saturated carbocycles. The maximum absolute atomic E-state index is 12.4. The molecular formula is C14H23N5O3S. The van der Waals surface area contributed by atoms with Crippen LogP contribution >= 0.6 is 0 Å². The zero-order chi connectivity index (χ0) is 16.4. The topological polar surface area (TPSA) is 87.5 Å². The molecule has 0 bridgehead atoms. The SMILES string of the molecule is Cn1cc(C2CCCN2C(=O)NCCN2CCCS2(=O)=O)cn1. The number of nitrogens with zero attached hydrogens (tertiary/aromatic N) is 4. The number of carbonyl (C=O) groups excluding carboxylic acids is 1. The number of hydrogen-bond acceptors (Lipinski definition) is 4. The molecule has 23 heavy (non-hydrogen) atoms. The fraction of sp³-hybridized carbons (Fsp3) is 0.714. The van der Waals surface area contributed by atoms with Crippen LogP contribution in [-0.4, -0.2) is 65.4 Å². The Morgan fingerprint density at radius 3 is 2.87 bits per heavy atom. The van der Waals surface area contributed by atoms with Crippen LogP contribution in [0.3, 0.4) is 0 Å². The van der Waals surface area contributed by atoms with Crippen molar-refractivity contribution in [2.24, 2.45) is 7.05 Å². The van der Waals surface area contributed by atoms with Crippen molar-refractivity contribution in [1.29, 1.82) is 0 Å². The Bertz CT molecular complexity index is 672. The molecule has 0 aliphatic carbocycles. The molecule has 0 radical (unpaired) electrons. The minimum absolute atomic E-state index is 0.0548. The van der Waals surface area contributed by atoms with Gasteiger partial charge in [0.05, 0.1) is 18.0 Å². The minimum atomic E-state index is -3.10. The van der Waals surface area contributed by atoms with Crippen LogP contribution in [0.2, 0.25) is 0 Å². The van der Waals surface area contributed by atoms with Crippen molar-refractivity contribution in [1.82, 2.24) is 24.3 Å². The van der Waals surface area contributed by atoms with Gasteiger partial charge in [-0.05, 0) is 19.3 Å². The van der Waals surface area contributed by atoms with Crippen LogP contribution < -0.4 is 5.32 Å². The second-order valence-corrected chi connectivity index (χ2v) is 8.19. The highest BCUT2D eigenvalue weighted by Crippen LogP contribution is 2.31. The van der Waals surface area contributed by atoms with Gasteiger partial charge in [-0.1, -0.05) is 0 Å². The third-order valence-corrected chi connectivity index (χ3v) is 6.42. The Kier molecular flexibility index (Phi) is 4.58. The summed E-state index contributed by atoms with van der Waals surface area (Å²) in [6.45, 7) is 1.96. The third-order valence-electron chi connectivity index (χ3n) is 4.46. The number of amides is 2. The predicted molar refractivity (Wildman–Crippen MR) is 85.3 cm³/mol. The number of urea groups is 1. The summed E-state index contributed by atoms with van der Waals surface area (Å²) >= 11 is 0. The molecule has 128 valence electrons. The van der Waals surface area contributed by atoms with Crippen LogP contribution in [-0.2, 0) is 17.1 Å². The maximum Gasteiger partial charge on any atom is 0.317 e. The number of aromatic nitrogens is 2. The van der Waals surface area contributed by atoms with Crippen molar-refractivity contribution in [2.75, 3.05) is 31.9 Å². The van der Waals surface area contributed by atoms with Gasteiger partial charge in [-0.3, -0.25) is 4.68 Å². The van der Waals surface area contributed by atoms with Crippen LogP contribution in [0.4, 0.5) is 4.79 Å². The van der Waals surface area contributed by atoms with Crippen LogP contribution in [0, 0.1) is 0 Å². The summed E-state index contributed by atoms with van der Waals surface area (Å²) in [7, 11) is -1.24. The smallest absolute Gasteiger partial charge is 0.317 e. The van der Waals surface area contributed by atoms with E-state index in [-0.39, 0.29) is 17.8 Å². The highest BCUT2D eigenvalue weighted by molar-refractivity contribution is 7.89. The third kappa shape index (κ3) is 3.50. The number of likely N-dealkylation sites (tertiary alicyclic amines) is 1. The second-order valence-electron chi connectivity index (χ2n) is 6.10. The molecule has 2 amide bonds. The van der Waals surface area contributed by atoms with Gasteiger partial charge in [-0.25, -0.2) is 17.5 Å². The van der Waals surface area contributed by atoms with Gasteiger partial charge in [0.15, 0.2) is 0 Å². The van der Waals surface area contributed by atoms with Crippen molar-refractivity contribution >= 4 is 16.1 Å². The summed E-state index contributed by atoms with van der Waals surface area (Å²) in [6.07, 6.45) is 6.30. The lowest BCUT2D eigenvalue weighted by Crippen LogP contribution is -2.43. The van der Waals surface area contributed by atoms with Crippen molar-refractivity contribution < 1.29 is 13.2 Å². The van der Waals surface area contributed by atoms with E-state index in [4.69, 9.17) is 0 Å². The molecule has 2 fully saturated rings. The Morgan fingerprint density at radius 2 is 2.22 bits per heavy atom. The largest absolute Gasteiger partial charge is 0.337 e. The number of rotatable bonds is 4. The minimum Gasteiger partial charge on any atom is -0.337 e. The first-order valence-corrected chi connectivity index (χ1v) is 9.59. The predicted octanol–water partition coefficient (Wildman–Crippen LogP) is 0.302. The second kappa shape index (κ2) is 6.48. The standard InChI is InChI=1S/C14H23N5O3S/c1-17-11-12(10-16-17)13-4-2-7-19(13)14(20)15-5-8-18-6-3-9-23(18,21)22/h10-11,13H,2-9H2,1H3,(H,15,20). The molecule has 2 aliphatic heterocycles. The molecule has 1 unspecified atom stereocenters. The average Bonchev–Trinajstić information content (AvgIpc) is 3.19. The van der Waals surface area contributed by atoms with E-state index in [1.54, 1.807) is 10.9 Å². The van der Waals surface area contributed by atoms with Crippen LogP contribution in [0.1, 0.15) is 30.9 Å². The number of sulfonamides is 1. The van der Waals surface area contributed by atoms with Crippen molar-refractivity contribution in [3.8, 4) is 0 Å². The zero-order valence-electron chi connectivity index (χ0n) is 13.3. The first kappa shape index (κ1) is 16.3. The summed E-state index contributed by atoms with van der Waals surface area (Å²) in [5, 5.41) is 7.02. The molecule has 2 saturated heterocycles. The van der Waals surface area contributed by atoms with E-state index in [0.717, 1.165) is 18.4 Å². The highest BCUT2D eigenvalue weighted by atomic mass is 32.2. The normalized spacial score (nSPS) is 24.2. The van der Waals surface area contributed by atoms with Gasteiger partial charge < -0.3 is 10.2 Å². The zero-order valence-corrected chi connectivity index (χ0v) is 14.1. The quantitative estimate of drug-likeness (QED) is 0.853. The van der Waals surface area contributed by atoms with E-state index >= 15 is 0 Å². The molecule has 0 spiro atoms. The van der Waals surface area contributed by atoms with Gasteiger partial charge in [0, 0.05) is 45.0 Å². The highest BCUT2D eigenvalue weighted by Gasteiger charge is 2.31. The number of hydrogen-bond donors (Lipinski definition) is 1. The van der Waals surface area contributed by atoms with Gasteiger partial charge in [-0.2, -0.15) is 5.10 Å². The molecule has 1 atom stereocenters. The van der Waals surface area contributed by atoms with Gasteiger partial charge in [0.2, 0.25) is 10.0 Å². The monoisotopic (exact) mass is 341 g/mol. The Balaban J connectivity index is 1.53. The summed E-state index contributed by atoms with van der Waals surface area (Å²) in [5.74, 6) is 0.218. The van der Waals surface area contributed by atoms with E-state index < -0.39 is 10.0 Å². The number of nitrogens with one attached hydrogen (secondary N) is 1. The fourth-order valence-corrected chi connectivity index (χ4v) is 4.83. The summed E-state index contributed by atoms with van der Waals surface area (Å²) < 4.78 is 26.6. The molecule has 1 aromatic heterocycles. The summed E-state index contributed by atoms with van der Waals surface area (Å²) in [5.41, 5.74) is 1.04. The fourth-order valence-electron chi connectivity index (χ4n) is 3.30. The number of carbonyl (C=O) groups is 1. The van der Waals surface area contributed by atoms with Gasteiger partial charge >= 0.3 is 6.03 Å². The molecular weight excluding hydrogens is 318 g/mol. The molecule has 8 nitrogen and oxygen atoms in total. The van der Waals surface area contributed by atoms with Crippen LogP contribution in [0.15, 0.2) is 12.4 Å². The van der Waals surface area contributed by atoms with E-state index in [1.165, 1.54) is 4.31 Å². The van der Waals surface area contributed by atoms with Gasteiger partial charge in [-0.15, -0.1) is 0 Å². The van der Waals surface area contributed by atoms with Crippen molar-refractivity contribution in [3.05, 3.63) is 18.0 Å². The van der Waals surface area contributed by atoms with Crippen molar-refractivity contribution in [2.45, 2.75) is 25.3 Å². The van der Waals surface area contributed by atoms with E-state index in [1.807, 2.05) is 18.1 Å². The van der Waals surface area contributed by atoms with E-state index in [9.17, 15) is 13.2 Å². The first-order chi connectivity index (χ1) is 11.0. The van der Waals surface area contributed by atoms with E-state index in [2.05, 4.69) is 10.4 Å². The molecule has 9 heteroatoms. The molecule has 3 heterocycles. The molecule has 0 aromatic carbocycles. The van der Waals surface area contributed by atoms with Gasteiger partial charge in [0.25, 0.3) is 0 Å². The lowest BCUT2D eigenvalue weighted by molar-refractivity contribution is 0.192. The van der Waals surface area contributed by atoms with Crippen molar-refractivity contribution in [3.63, 3.8) is 0 Å². The van der Waals surface area contributed by atoms with Crippen LogP contribution in [0.5, 0.6) is 0 Å². The summed E-state index contributed by atoms with van der Waals surface area (Å²) in [4.78, 5) is 14.2. The Morgan fingerprint density at radius 1 is 1.39 bits per heavy atom. The number of aryl methyl sites for hydroxylation is 1. The summed E-state index contributed by atoms with van der Waals surface area (Å²) in [6, 6.07) is -0.0767. The molecule has 1 N–H and O–H groups in total. The average molecular weight is 341 g/mol. The van der Waals surface area contributed by atoms with Gasteiger partial charge in [0.1, 0.15) is 0 Å². The molecule has 1 aromatic rings. The maximum atomic E-state index is 12.4. The first-order valence-electron chi connectivity index (χ1n) is 7.98. The van der Waals surface area contributed by atoms with E-state index in [0.29, 0.717) is 32.6 Å².